The Morgan fingerprint density at radius 1 is 1.00 bits per heavy atom. The number of nitrogens with one attached hydrogen (secondary N) is 2. The van der Waals surface area contributed by atoms with Crippen molar-refractivity contribution in [3.63, 3.8) is 0 Å². The summed E-state index contributed by atoms with van der Waals surface area (Å²) < 4.78 is 0.812. The monoisotopic (exact) mass is 428 g/mol. The Morgan fingerprint density at radius 2 is 1.73 bits per heavy atom. The molecule has 3 rings (SSSR count). The van der Waals surface area contributed by atoms with Gasteiger partial charge in [0, 0.05) is 10.0 Å². The van der Waals surface area contributed by atoms with Crippen molar-refractivity contribution in [1.82, 2.24) is 5.32 Å². The average Bonchev–Trinajstić information content (AvgIpc) is 3.18. The summed E-state index contributed by atoms with van der Waals surface area (Å²) in [6, 6.07) is 18.3. The van der Waals surface area contributed by atoms with Crippen LogP contribution in [0.2, 0.25) is 0 Å². The quantitative estimate of drug-likeness (QED) is 0.434. The minimum absolute atomic E-state index is 0.203. The number of para-hydroxylation sites is 1. The molecular weight excluding hydrogens is 412 g/mol. The van der Waals surface area contributed by atoms with E-state index in [1.165, 1.54) is 11.3 Å². The fourth-order valence-corrected chi connectivity index (χ4v) is 3.42. The molecule has 0 unspecified atom stereocenters. The molecule has 6 heteroatoms. The lowest BCUT2D eigenvalue weighted by molar-refractivity contribution is 0.0872. The molecule has 0 spiro atoms. The van der Waals surface area contributed by atoms with Crippen LogP contribution in [-0.2, 0) is 0 Å². The van der Waals surface area contributed by atoms with Gasteiger partial charge in [-0.25, -0.2) is 0 Å². The number of thiophene rings is 1. The van der Waals surface area contributed by atoms with Crippen LogP contribution in [0.15, 0.2) is 70.5 Å². The molecule has 0 aliphatic carbocycles. The molecule has 3 aromatic rings. The molecule has 132 valence electrons. The van der Waals surface area contributed by atoms with Crippen molar-refractivity contribution in [2.75, 3.05) is 5.32 Å². The number of hydrogen-bond donors (Lipinski definition) is 2. The van der Waals surface area contributed by atoms with Gasteiger partial charge in [0.2, 0.25) is 5.78 Å². The number of rotatable bonds is 6. The van der Waals surface area contributed by atoms with Crippen LogP contribution >= 0.6 is 27.3 Å². The van der Waals surface area contributed by atoms with Gasteiger partial charge in [0.1, 0.15) is 0 Å². The summed E-state index contributed by atoms with van der Waals surface area (Å²) in [4.78, 5) is 26.0. The Morgan fingerprint density at radius 3 is 2.38 bits per heavy atom. The zero-order valence-corrected chi connectivity index (χ0v) is 16.4. The maximum absolute atomic E-state index is 13.0. The molecule has 1 atom stereocenters. The van der Waals surface area contributed by atoms with E-state index in [4.69, 9.17) is 0 Å². The fourth-order valence-electron chi connectivity index (χ4n) is 2.40. The van der Waals surface area contributed by atoms with Crippen molar-refractivity contribution >= 4 is 44.6 Å². The van der Waals surface area contributed by atoms with Crippen molar-refractivity contribution in [2.24, 2.45) is 0 Å². The van der Waals surface area contributed by atoms with Crippen molar-refractivity contribution in [3.05, 3.63) is 86.5 Å². The first-order chi connectivity index (χ1) is 12.5. The minimum Gasteiger partial charge on any atom is -0.358 e. The van der Waals surface area contributed by atoms with Gasteiger partial charge in [0.25, 0.3) is 5.91 Å². The standard InChI is InChI=1S/C20H17BrN2O2S/c1-13-8-10-14(11-9-13)18(24)19(22-16-6-3-2-5-15(16)21)23-20(25)17-7-4-12-26-17/h2-12,19,22H,1H3,(H,23,25)/t19-/m0/s1. The van der Waals surface area contributed by atoms with Gasteiger partial charge >= 0.3 is 0 Å². The number of carbonyl (C=O) groups excluding carboxylic acids is 2. The molecule has 0 fully saturated rings. The van der Waals surface area contributed by atoms with Crippen LogP contribution in [0.25, 0.3) is 0 Å². The molecule has 1 amide bonds. The minimum atomic E-state index is -0.883. The van der Waals surface area contributed by atoms with E-state index < -0.39 is 6.17 Å². The molecular formula is C20H17BrN2O2S. The molecule has 1 heterocycles. The normalized spacial score (nSPS) is 11.6. The number of benzene rings is 2. The molecule has 1 aromatic heterocycles. The number of carbonyl (C=O) groups is 2. The van der Waals surface area contributed by atoms with Gasteiger partial charge in [-0.2, -0.15) is 0 Å². The van der Waals surface area contributed by atoms with Crippen molar-refractivity contribution in [3.8, 4) is 0 Å². The second-order valence-corrected chi connectivity index (χ2v) is 7.54. The van der Waals surface area contributed by atoms with Gasteiger partial charge in [-0.1, -0.05) is 48.0 Å². The second kappa shape index (κ2) is 8.29. The highest BCUT2D eigenvalue weighted by molar-refractivity contribution is 9.10. The van der Waals surface area contributed by atoms with Crippen LogP contribution in [0.5, 0.6) is 0 Å². The third kappa shape index (κ3) is 4.39. The second-order valence-electron chi connectivity index (χ2n) is 5.74. The molecule has 4 nitrogen and oxygen atoms in total. The molecule has 0 saturated heterocycles. The Bertz CT molecular complexity index is 908. The van der Waals surface area contributed by atoms with Crippen LogP contribution in [0.4, 0.5) is 5.69 Å². The van der Waals surface area contributed by atoms with Crippen LogP contribution in [0, 0.1) is 6.92 Å². The molecule has 0 saturated carbocycles. The lowest BCUT2D eigenvalue weighted by atomic mass is 10.1. The first-order valence-corrected chi connectivity index (χ1v) is 9.68. The van der Waals surface area contributed by atoms with Crippen LogP contribution in [-0.4, -0.2) is 17.9 Å². The van der Waals surface area contributed by atoms with E-state index in [1.54, 1.807) is 24.3 Å². The van der Waals surface area contributed by atoms with Gasteiger partial charge in [-0.05, 0) is 46.4 Å². The first kappa shape index (κ1) is 18.4. The van der Waals surface area contributed by atoms with Crippen molar-refractivity contribution < 1.29 is 9.59 Å². The third-order valence-electron chi connectivity index (χ3n) is 3.79. The van der Waals surface area contributed by atoms with E-state index in [1.807, 2.05) is 48.7 Å². The predicted octanol–water partition coefficient (Wildman–Crippen LogP) is 4.87. The van der Waals surface area contributed by atoms with Crippen LogP contribution in [0.3, 0.4) is 0 Å². The van der Waals surface area contributed by atoms with E-state index in [2.05, 4.69) is 26.6 Å². The topological polar surface area (TPSA) is 58.2 Å². The Labute approximate surface area is 164 Å². The van der Waals surface area contributed by atoms with E-state index in [9.17, 15) is 9.59 Å². The zero-order valence-electron chi connectivity index (χ0n) is 14.0. The summed E-state index contributed by atoms with van der Waals surface area (Å²) in [6.07, 6.45) is -0.883. The molecule has 2 N–H and O–H groups in total. The first-order valence-electron chi connectivity index (χ1n) is 8.01. The van der Waals surface area contributed by atoms with E-state index in [0.717, 1.165) is 15.7 Å². The molecule has 2 aromatic carbocycles. The van der Waals surface area contributed by atoms with Gasteiger partial charge in [-0.3, -0.25) is 9.59 Å². The summed E-state index contributed by atoms with van der Waals surface area (Å²) in [5.74, 6) is -0.490. The number of Topliss-reactive ketones (excluding diaryl/α,β-unsaturated/α-hetero) is 1. The van der Waals surface area contributed by atoms with Crippen LogP contribution < -0.4 is 10.6 Å². The summed E-state index contributed by atoms with van der Waals surface area (Å²) in [5, 5.41) is 7.75. The van der Waals surface area contributed by atoms with Gasteiger partial charge in [0.05, 0.1) is 10.6 Å². The summed E-state index contributed by atoms with van der Waals surface area (Å²) in [6.45, 7) is 1.96. The highest BCUT2D eigenvalue weighted by Gasteiger charge is 2.23. The molecule has 0 bridgehead atoms. The van der Waals surface area contributed by atoms with Crippen molar-refractivity contribution in [1.29, 1.82) is 0 Å². The Balaban J connectivity index is 1.87. The van der Waals surface area contributed by atoms with Gasteiger partial charge in [0.15, 0.2) is 6.17 Å². The third-order valence-corrected chi connectivity index (χ3v) is 5.35. The lowest BCUT2D eigenvalue weighted by Gasteiger charge is -2.21. The van der Waals surface area contributed by atoms with Crippen LogP contribution in [0.1, 0.15) is 25.6 Å². The maximum atomic E-state index is 13.0. The number of halogens is 1. The van der Waals surface area contributed by atoms with E-state index in [-0.39, 0.29) is 11.7 Å². The van der Waals surface area contributed by atoms with Gasteiger partial charge < -0.3 is 10.6 Å². The number of amides is 1. The molecule has 26 heavy (non-hydrogen) atoms. The maximum Gasteiger partial charge on any atom is 0.263 e. The number of hydrogen-bond acceptors (Lipinski definition) is 4. The van der Waals surface area contributed by atoms with Crippen molar-refractivity contribution in [2.45, 2.75) is 13.1 Å². The zero-order chi connectivity index (χ0) is 18.5. The summed E-state index contributed by atoms with van der Waals surface area (Å²) >= 11 is 4.79. The summed E-state index contributed by atoms with van der Waals surface area (Å²) in [7, 11) is 0. The average molecular weight is 429 g/mol. The molecule has 0 aliphatic heterocycles. The highest BCUT2D eigenvalue weighted by Crippen LogP contribution is 2.22. The SMILES string of the molecule is Cc1ccc(C(=O)[C@H](NC(=O)c2cccs2)Nc2ccccc2Br)cc1. The Hall–Kier alpha value is -2.44. The number of ketones is 1. The highest BCUT2D eigenvalue weighted by atomic mass is 79.9. The lowest BCUT2D eigenvalue weighted by Crippen LogP contribution is -2.46. The number of aryl methyl sites for hydroxylation is 1. The van der Waals surface area contributed by atoms with E-state index in [0.29, 0.717) is 10.4 Å². The predicted molar refractivity (Wildman–Crippen MR) is 109 cm³/mol. The smallest absolute Gasteiger partial charge is 0.263 e. The fraction of sp³-hybridized carbons (Fsp3) is 0.100. The molecule has 0 aliphatic rings. The van der Waals surface area contributed by atoms with E-state index >= 15 is 0 Å². The molecule has 0 radical (unpaired) electrons. The van der Waals surface area contributed by atoms with Gasteiger partial charge in [-0.15, -0.1) is 11.3 Å². The Kier molecular flexibility index (Phi) is 5.85. The summed E-state index contributed by atoms with van der Waals surface area (Å²) in [5.41, 5.74) is 2.33. The largest absolute Gasteiger partial charge is 0.358 e. The number of anilines is 1.